The first-order chi connectivity index (χ1) is 7.71. The highest BCUT2D eigenvalue weighted by atomic mass is 79.9. The van der Waals surface area contributed by atoms with Crippen molar-refractivity contribution < 1.29 is 9.53 Å². The third kappa shape index (κ3) is 2.28. The number of amides is 1. The van der Waals surface area contributed by atoms with Gasteiger partial charge in [0.25, 0.3) is 0 Å². The fraction of sp³-hybridized carbons (Fsp3) is 0.917. The molecule has 1 saturated carbocycles. The minimum absolute atomic E-state index is 0.128. The molecule has 1 unspecified atom stereocenters. The minimum atomic E-state index is -0.128. The number of alkyl halides is 1. The van der Waals surface area contributed by atoms with E-state index in [0.29, 0.717) is 12.5 Å². The molecule has 0 radical (unpaired) electrons. The molecular formula is C12H20BrNO2. The Hall–Kier alpha value is -0.0900. The summed E-state index contributed by atoms with van der Waals surface area (Å²) in [7, 11) is 1.73. The Morgan fingerprint density at radius 3 is 2.75 bits per heavy atom. The molecular weight excluding hydrogens is 270 g/mol. The van der Waals surface area contributed by atoms with Crippen LogP contribution in [-0.4, -0.2) is 41.4 Å². The number of carbonyl (C=O) groups excluding carboxylic acids is 1. The summed E-state index contributed by atoms with van der Waals surface area (Å²) >= 11 is 3.49. The highest BCUT2D eigenvalue weighted by Crippen LogP contribution is 2.39. The van der Waals surface area contributed by atoms with Gasteiger partial charge in [-0.3, -0.25) is 4.79 Å². The van der Waals surface area contributed by atoms with Crippen LogP contribution in [0.4, 0.5) is 0 Å². The minimum Gasteiger partial charge on any atom is -0.378 e. The number of halogens is 1. The Kier molecular flexibility index (Phi) is 3.90. The van der Waals surface area contributed by atoms with Gasteiger partial charge in [0.1, 0.15) is 0 Å². The van der Waals surface area contributed by atoms with Crippen molar-refractivity contribution in [3.8, 4) is 0 Å². The van der Waals surface area contributed by atoms with Gasteiger partial charge >= 0.3 is 0 Å². The van der Waals surface area contributed by atoms with Gasteiger partial charge in [-0.1, -0.05) is 15.9 Å². The fourth-order valence-electron chi connectivity index (χ4n) is 2.73. The van der Waals surface area contributed by atoms with Crippen LogP contribution in [0.25, 0.3) is 0 Å². The lowest BCUT2D eigenvalue weighted by Gasteiger charge is -2.41. The largest absolute Gasteiger partial charge is 0.378 e. The van der Waals surface area contributed by atoms with E-state index in [1.54, 1.807) is 7.11 Å². The number of ether oxygens (including phenoxy) is 1. The van der Waals surface area contributed by atoms with E-state index in [9.17, 15) is 4.79 Å². The van der Waals surface area contributed by atoms with Crippen LogP contribution in [0.3, 0.4) is 0 Å². The Bertz CT molecular complexity index is 260. The standard InChI is InChI=1S/C12H20BrNO2/c1-16-12(5-3-6-12)8-11(15)14-7-2-4-10(14)9-13/h10H,2-9H2,1H3. The smallest absolute Gasteiger partial charge is 0.225 e. The third-order valence-electron chi connectivity index (χ3n) is 4.05. The molecule has 1 heterocycles. The molecule has 0 aromatic heterocycles. The molecule has 2 rings (SSSR count). The maximum Gasteiger partial charge on any atom is 0.225 e. The second kappa shape index (κ2) is 5.05. The molecule has 2 fully saturated rings. The molecule has 0 N–H and O–H groups in total. The molecule has 3 nitrogen and oxygen atoms in total. The lowest BCUT2D eigenvalue weighted by atomic mass is 9.77. The molecule has 0 aromatic carbocycles. The number of hydrogen-bond acceptors (Lipinski definition) is 2. The summed E-state index contributed by atoms with van der Waals surface area (Å²) in [4.78, 5) is 14.2. The molecule has 92 valence electrons. The molecule has 1 aliphatic heterocycles. The van der Waals surface area contributed by atoms with Crippen molar-refractivity contribution >= 4 is 21.8 Å². The highest BCUT2D eigenvalue weighted by molar-refractivity contribution is 9.09. The van der Waals surface area contributed by atoms with Crippen molar-refractivity contribution in [3.63, 3.8) is 0 Å². The van der Waals surface area contributed by atoms with E-state index in [2.05, 4.69) is 15.9 Å². The Labute approximate surface area is 106 Å². The van der Waals surface area contributed by atoms with Crippen molar-refractivity contribution in [2.45, 2.75) is 50.2 Å². The highest BCUT2D eigenvalue weighted by Gasteiger charge is 2.41. The summed E-state index contributed by atoms with van der Waals surface area (Å²) in [6.07, 6.45) is 6.14. The van der Waals surface area contributed by atoms with Crippen molar-refractivity contribution in [3.05, 3.63) is 0 Å². The quantitative estimate of drug-likeness (QED) is 0.744. The van der Waals surface area contributed by atoms with Crippen LogP contribution >= 0.6 is 15.9 Å². The van der Waals surface area contributed by atoms with Gasteiger partial charge in [-0.25, -0.2) is 0 Å². The van der Waals surface area contributed by atoms with Crippen LogP contribution in [0.2, 0.25) is 0 Å². The molecule has 16 heavy (non-hydrogen) atoms. The Morgan fingerprint density at radius 2 is 2.25 bits per heavy atom. The molecule has 0 spiro atoms. The number of methoxy groups -OCH3 is 1. The van der Waals surface area contributed by atoms with E-state index in [-0.39, 0.29) is 11.5 Å². The topological polar surface area (TPSA) is 29.5 Å². The maximum absolute atomic E-state index is 12.2. The summed E-state index contributed by atoms with van der Waals surface area (Å²) in [5.74, 6) is 0.281. The molecule has 1 saturated heterocycles. The van der Waals surface area contributed by atoms with E-state index in [1.165, 1.54) is 6.42 Å². The van der Waals surface area contributed by atoms with Crippen LogP contribution in [0.15, 0.2) is 0 Å². The van der Waals surface area contributed by atoms with Gasteiger partial charge in [-0.05, 0) is 32.1 Å². The van der Waals surface area contributed by atoms with E-state index in [1.807, 2.05) is 4.90 Å². The lowest BCUT2D eigenvalue weighted by molar-refractivity contribution is -0.144. The summed E-state index contributed by atoms with van der Waals surface area (Å²) in [6.45, 7) is 0.925. The van der Waals surface area contributed by atoms with E-state index in [0.717, 1.165) is 37.6 Å². The normalized spacial score (nSPS) is 27.9. The van der Waals surface area contributed by atoms with Crippen LogP contribution in [-0.2, 0) is 9.53 Å². The molecule has 1 aliphatic carbocycles. The average molecular weight is 290 g/mol. The van der Waals surface area contributed by atoms with E-state index < -0.39 is 0 Å². The van der Waals surface area contributed by atoms with Gasteiger partial charge in [-0.15, -0.1) is 0 Å². The number of rotatable bonds is 4. The first-order valence-corrected chi connectivity index (χ1v) is 7.23. The second-order valence-corrected chi connectivity index (χ2v) is 5.60. The number of carbonyl (C=O) groups is 1. The van der Waals surface area contributed by atoms with E-state index in [4.69, 9.17) is 4.74 Å². The molecule has 1 amide bonds. The molecule has 0 bridgehead atoms. The molecule has 2 aliphatic rings. The van der Waals surface area contributed by atoms with Crippen molar-refractivity contribution in [2.24, 2.45) is 0 Å². The zero-order valence-corrected chi connectivity index (χ0v) is 11.5. The van der Waals surface area contributed by atoms with Crippen LogP contribution in [0, 0.1) is 0 Å². The average Bonchev–Trinajstić information content (AvgIpc) is 2.71. The zero-order chi connectivity index (χ0) is 11.6. The summed E-state index contributed by atoms with van der Waals surface area (Å²) in [5, 5.41) is 0.902. The predicted octanol–water partition coefficient (Wildman–Crippen LogP) is 2.33. The Morgan fingerprint density at radius 1 is 1.50 bits per heavy atom. The van der Waals surface area contributed by atoms with Crippen molar-refractivity contribution in [2.75, 3.05) is 19.0 Å². The lowest BCUT2D eigenvalue weighted by Crippen LogP contribution is -2.46. The molecule has 1 atom stereocenters. The van der Waals surface area contributed by atoms with E-state index >= 15 is 0 Å². The van der Waals surface area contributed by atoms with Crippen LogP contribution in [0.5, 0.6) is 0 Å². The summed E-state index contributed by atoms with van der Waals surface area (Å²) in [6, 6.07) is 0.404. The van der Waals surface area contributed by atoms with Gasteiger partial charge in [0.05, 0.1) is 12.0 Å². The molecule has 4 heteroatoms. The summed E-state index contributed by atoms with van der Waals surface area (Å²) < 4.78 is 5.51. The van der Waals surface area contributed by atoms with Gasteiger partial charge in [-0.2, -0.15) is 0 Å². The zero-order valence-electron chi connectivity index (χ0n) is 9.88. The first kappa shape index (κ1) is 12.4. The second-order valence-electron chi connectivity index (χ2n) is 4.95. The molecule has 0 aromatic rings. The number of nitrogens with zero attached hydrogens (tertiary/aromatic N) is 1. The van der Waals surface area contributed by atoms with Gasteiger partial charge in [0.15, 0.2) is 0 Å². The Balaban J connectivity index is 1.92. The maximum atomic E-state index is 12.2. The fourth-order valence-corrected chi connectivity index (χ4v) is 3.40. The van der Waals surface area contributed by atoms with Gasteiger partial charge < -0.3 is 9.64 Å². The predicted molar refractivity (Wildman–Crippen MR) is 66.7 cm³/mol. The van der Waals surface area contributed by atoms with Gasteiger partial charge in [0, 0.05) is 25.0 Å². The summed E-state index contributed by atoms with van der Waals surface area (Å²) in [5.41, 5.74) is -0.128. The van der Waals surface area contributed by atoms with Crippen molar-refractivity contribution in [1.82, 2.24) is 4.90 Å². The third-order valence-corrected chi connectivity index (χ3v) is 4.79. The van der Waals surface area contributed by atoms with Gasteiger partial charge in [0.2, 0.25) is 5.91 Å². The van der Waals surface area contributed by atoms with Crippen LogP contribution in [0.1, 0.15) is 38.5 Å². The van der Waals surface area contributed by atoms with Crippen molar-refractivity contribution in [1.29, 1.82) is 0 Å². The first-order valence-electron chi connectivity index (χ1n) is 6.11. The number of likely N-dealkylation sites (tertiary alicyclic amines) is 1. The number of hydrogen-bond donors (Lipinski definition) is 0. The van der Waals surface area contributed by atoms with Crippen LogP contribution < -0.4 is 0 Å². The SMILES string of the molecule is COC1(CC(=O)N2CCCC2CBr)CCC1. The monoisotopic (exact) mass is 289 g/mol.